The molecule has 0 aliphatic rings. The van der Waals surface area contributed by atoms with Crippen molar-refractivity contribution >= 4 is 0 Å². The molecule has 0 fully saturated rings. The number of alkyl halides is 9. The molecule has 0 aromatic carbocycles. The number of hydrogen-bond acceptors (Lipinski definition) is 1. The molecule has 0 saturated carbocycles. The maximum Gasteiger partial charge on any atom is 0.462 e. The molecule has 0 atom stereocenters. The van der Waals surface area contributed by atoms with Crippen LogP contribution in [0.25, 0.3) is 0 Å². The average molecular weight is 285 g/mol. The first kappa shape index (κ1) is 16.2. The maximum absolute atomic E-state index is 12.0. The van der Waals surface area contributed by atoms with Crippen molar-refractivity contribution in [2.24, 2.45) is 0 Å². The fourth-order valence-electron chi connectivity index (χ4n) is 0.429. The minimum Gasteiger partial charge on any atom is -0.245 e. The summed E-state index contributed by atoms with van der Waals surface area (Å²) in [6.45, 7) is 0. The van der Waals surface area contributed by atoms with Crippen molar-refractivity contribution in [3.8, 4) is 0 Å². The summed E-state index contributed by atoms with van der Waals surface area (Å²) in [7, 11) is 0. The topological polar surface area (TPSA) is 9.23 Å². The zero-order valence-corrected chi connectivity index (χ0v) is 7.07. The highest BCUT2D eigenvalue weighted by molar-refractivity contribution is 4.87. The lowest BCUT2D eigenvalue weighted by molar-refractivity contribution is -0.474. The van der Waals surface area contributed by atoms with Gasteiger partial charge in [0.05, 0.1) is 0 Å². The maximum atomic E-state index is 12.0. The molecular formula is C5F11O. The monoisotopic (exact) mass is 285 g/mol. The zero-order valence-electron chi connectivity index (χ0n) is 7.07. The molecule has 0 unspecified atom stereocenters. The average Bonchev–Trinajstić information content (AvgIpc) is 1.98. The number of ether oxygens (including phenoxy) is 1. The van der Waals surface area contributed by atoms with E-state index >= 15 is 0 Å². The fraction of sp³-hybridized carbons (Fsp3) is 0.800. The number of hydrogen-bond donors (Lipinski definition) is 0. The van der Waals surface area contributed by atoms with Gasteiger partial charge >= 0.3 is 30.7 Å². The van der Waals surface area contributed by atoms with Gasteiger partial charge in [0.15, 0.2) is 0 Å². The van der Waals surface area contributed by atoms with E-state index in [0.29, 0.717) is 0 Å². The predicted octanol–water partition coefficient (Wildman–Crippen LogP) is 3.81. The molecule has 0 aromatic heterocycles. The van der Waals surface area contributed by atoms with Crippen LogP contribution in [0.1, 0.15) is 0 Å². The lowest BCUT2D eigenvalue weighted by atomic mass is 10.3. The molecule has 0 heterocycles. The molecule has 0 aliphatic heterocycles. The van der Waals surface area contributed by atoms with E-state index in [1.807, 2.05) is 0 Å². The SMILES string of the molecule is F[C](F)C(F)(F)OC(F)(F)C(F)(F)C(F)(F)F. The van der Waals surface area contributed by atoms with Crippen molar-refractivity contribution in [2.45, 2.75) is 24.3 Å². The molecular weight excluding hydrogens is 285 g/mol. The third kappa shape index (κ3) is 3.10. The Morgan fingerprint density at radius 1 is 0.706 bits per heavy atom. The standard InChI is InChI=1S/C5F11O/c6-1(7)2(8,9)17-5(15,16)3(10,11)4(12,13)14. The molecule has 0 spiro atoms. The molecule has 0 aromatic rings. The summed E-state index contributed by atoms with van der Waals surface area (Å²) in [5.41, 5.74) is 0. The van der Waals surface area contributed by atoms with Crippen LogP contribution in [0.4, 0.5) is 48.3 Å². The molecule has 0 aliphatic carbocycles. The Morgan fingerprint density at radius 3 is 1.29 bits per heavy atom. The summed E-state index contributed by atoms with van der Waals surface area (Å²) in [5, 5.41) is 0. The highest BCUT2D eigenvalue weighted by Gasteiger charge is 2.77. The Bertz CT molecular complexity index is 266. The molecule has 12 heteroatoms. The van der Waals surface area contributed by atoms with Crippen LogP contribution in [-0.4, -0.2) is 24.3 Å². The van der Waals surface area contributed by atoms with Gasteiger partial charge in [0.2, 0.25) is 0 Å². The molecule has 0 amide bonds. The molecule has 0 bridgehead atoms. The first-order valence-electron chi connectivity index (χ1n) is 3.24. The molecule has 0 rings (SSSR count). The second kappa shape index (κ2) is 4.14. The first-order valence-corrected chi connectivity index (χ1v) is 3.24. The summed E-state index contributed by atoms with van der Waals surface area (Å²) in [6.07, 6.45) is -24.3. The van der Waals surface area contributed by atoms with Gasteiger partial charge in [0.25, 0.3) is 0 Å². The highest BCUT2D eigenvalue weighted by Crippen LogP contribution is 2.50. The van der Waals surface area contributed by atoms with Crippen LogP contribution in [-0.2, 0) is 4.74 Å². The van der Waals surface area contributed by atoms with Crippen LogP contribution in [0, 0.1) is 6.43 Å². The molecule has 103 valence electrons. The molecule has 0 saturated heterocycles. The largest absolute Gasteiger partial charge is 0.462 e. The normalized spacial score (nSPS) is 15.5. The van der Waals surface area contributed by atoms with Gasteiger partial charge in [-0.25, -0.2) is 4.74 Å². The van der Waals surface area contributed by atoms with E-state index in [4.69, 9.17) is 0 Å². The van der Waals surface area contributed by atoms with Gasteiger partial charge in [0.1, 0.15) is 0 Å². The summed E-state index contributed by atoms with van der Waals surface area (Å²) < 4.78 is 129. The van der Waals surface area contributed by atoms with Gasteiger partial charge in [-0.1, -0.05) is 0 Å². The minimum absolute atomic E-state index is 1.55. The smallest absolute Gasteiger partial charge is 0.245 e. The van der Waals surface area contributed by atoms with Crippen molar-refractivity contribution in [1.82, 2.24) is 0 Å². The van der Waals surface area contributed by atoms with E-state index in [9.17, 15) is 48.3 Å². The number of rotatable bonds is 4. The van der Waals surface area contributed by atoms with E-state index in [1.54, 1.807) is 4.74 Å². The van der Waals surface area contributed by atoms with Crippen molar-refractivity contribution in [3.05, 3.63) is 6.43 Å². The Balaban J connectivity index is 5.17. The van der Waals surface area contributed by atoms with Crippen LogP contribution in [0.15, 0.2) is 0 Å². The number of halogens is 11. The highest BCUT2D eigenvalue weighted by atomic mass is 19.4. The summed E-state index contributed by atoms with van der Waals surface area (Å²) >= 11 is 0. The third-order valence-electron chi connectivity index (χ3n) is 1.20. The third-order valence-corrected chi connectivity index (χ3v) is 1.20. The molecule has 1 radical (unpaired) electrons. The van der Waals surface area contributed by atoms with E-state index in [1.165, 1.54) is 0 Å². The Morgan fingerprint density at radius 2 is 1.06 bits per heavy atom. The van der Waals surface area contributed by atoms with Gasteiger partial charge in [-0.3, -0.25) is 0 Å². The van der Waals surface area contributed by atoms with Gasteiger partial charge in [-0.05, 0) is 0 Å². The second-order valence-corrected chi connectivity index (χ2v) is 2.47. The van der Waals surface area contributed by atoms with Gasteiger partial charge in [-0.2, -0.15) is 48.3 Å². The van der Waals surface area contributed by atoms with Crippen LogP contribution < -0.4 is 0 Å². The van der Waals surface area contributed by atoms with Crippen molar-refractivity contribution in [1.29, 1.82) is 0 Å². The van der Waals surface area contributed by atoms with E-state index < -0.39 is 30.7 Å². The van der Waals surface area contributed by atoms with E-state index in [2.05, 4.69) is 0 Å². The quantitative estimate of drug-likeness (QED) is 0.713. The van der Waals surface area contributed by atoms with Gasteiger partial charge in [-0.15, -0.1) is 0 Å². The van der Waals surface area contributed by atoms with E-state index in [0.717, 1.165) is 0 Å². The van der Waals surface area contributed by atoms with Crippen molar-refractivity contribution in [3.63, 3.8) is 0 Å². The molecule has 1 nitrogen and oxygen atoms in total. The Labute approximate surface area is 85.1 Å². The summed E-state index contributed by atoms with van der Waals surface area (Å²) in [5.74, 6) is -7.06. The molecule has 17 heavy (non-hydrogen) atoms. The predicted molar refractivity (Wildman–Crippen MR) is 27.4 cm³/mol. The van der Waals surface area contributed by atoms with Crippen molar-refractivity contribution < 1.29 is 53.0 Å². The summed E-state index contributed by atoms with van der Waals surface area (Å²) in [4.78, 5) is 0. The molecule has 0 N–H and O–H groups in total. The second-order valence-electron chi connectivity index (χ2n) is 2.47. The van der Waals surface area contributed by atoms with Crippen LogP contribution in [0.3, 0.4) is 0 Å². The first-order chi connectivity index (χ1) is 7.15. The fourth-order valence-corrected chi connectivity index (χ4v) is 0.429. The van der Waals surface area contributed by atoms with Crippen LogP contribution >= 0.6 is 0 Å². The van der Waals surface area contributed by atoms with Crippen molar-refractivity contribution in [2.75, 3.05) is 0 Å². The lowest BCUT2D eigenvalue weighted by Gasteiger charge is -2.29. The Hall–Kier alpha value is -0.810. The lowest BCUT2D eigenvalue weighted by Crippen LogP contribution is -2.56. The Kier molecular flexibility index (Phi) is 3.94. The summed E-state index contributed by atoms with van der Waals surface area (Å²) in [6, 6.07) is 0. The zero-order chi connectivity index (χ0) is 14.3. The van der Waals surface area contributed by atoms with Gasteiger partial charge < -0.3 is 0 Å². The van der Waals surface area contributed by atoms with Crippen LogP contribution in [0.5, 0.6) is 0 Å². The van der Waals surface area contributed by atoms with Crippen LogP contribution in [0.2, 0.25) is 0 Å². The van der Waals surface area contributed by atoms with Gasteiger partial charge in [0, 0.05) is 0 Å². The van der Waals surface area contributed by atoms with E-state index in [-0.39, 0.29) is 0 Å². The minimum atomic E-state index is -7.06.